The molecular formula is C18H26N2O2S. The summed E-state index contributed by atoms with van der Waals surface area (Å²) in [6.07, 6.45) is 1.92. The van der Waals surface area contributed by atoms with Crippen LogP contribution in [0.2, 0.25) is 0 Å². The number of carbonyl (C=O) groups is 2. The van der Waals surface area contributed by atoms with Gasteiger partial charge in [0.15, 0.2) is 0 Å². The standard InChI is InChI=1S/C18H26N2O2S/c1-14(16-7-4-3-5-8-16)12-23-13-18(22)20-10-6-9-17(11-20)19-15(2)21/h3-5,7-8,14,17H,6,9-13H2,1-2H3,(H,19,21). The van der Waals surface area contributed by atoms with Gasteiger partial charge >= 0.3 is 0 Å². The minimum absolute atomic E-state index is 0.0182. The molecule has 1 aliphatic heterocycles. The Balaban J connectivity index is 1.73. The fourth-order valence-corrected chi connectivity index (χ4v) is 3.92. The second-order valence-electron chi connectivity index (χ2n) is 6.21. The van der Waals surface area contributed by atoms with Gasteiger partial charge in [0.2, 0.25) is 11.8 Å². The van der Waals surface area contributed by atoms with Crippen LogP contribution < -0.4 is 5.32 Å². The predicted octanol–water partition coefficient (Wildman–Crippen LogP) is 2.65. The normalized spacial score (nSPS) is 19.2. The highest BCUT2D eigenvalue weighted by Crippen LogP contribution is 2.20. The minimum atomic E-state index is -0.0182. The Bertz CT molecular complexity index is 521. The van der Waals surface area contributed by atoms with E-state index >= 15 is 0 Å². The van der Waals surface area contributed by atoms with Gasteiger partial charge < -0.3 is 10.2 Å². The fraction of sp³-hybridized carbons (Fsp3) is 0.556. The molecule has 1 heterocycles. The van der Waals surface area contributed by atoms with Gasteiger partial charge in [-0.05, 0) is 24.3 Å². The Hall–Kier alpha value is -1.49. The van der Waals surface area contributed by atoms with Gasteiger partial charge in [-0.3, -0.25) is 9.59 Å². The molecule has 0 aromatic heterocycles. The maximum Gasteiger partial charge on any atom is 0.232 e. The Morgan fingerprint density at radius 1 is 1.35 bits per heavy atom. The topological polar surface area (TPSA) is 49.4 Å². The summed E-state index contributed by atoms with van der Waals surface area (Å²) >= 11 is 1.69. The van der Waals surface area contributed by atoms with Crippen molar-refractivity contribution in [2.24, 2.45) is 0 Å². The molecule has 4 nitrogen and oxygen atoms in total. The third-order valence-electron chi connectivity index (χ3n) is 4.14. The number of thioether (sulfide) groups is 1. The third kappa shape index (κ3) is 5.90. The van der Waals surface area contributed by atoms with Crippen molar-refractivity contribution >= 4 is 23.6 Å². The lowest BCUT2D eigenvalue weighted by Gasteiger charge is -2.33. The van der Waals surface area contributed by atoms with Crippen LogP contribution in [-0.4, -0.2) is 47.4 Å². The van der Waals surface area contributed by atoms with E-state index in [0.29, 0.717) is 18.2 Å². The second kappa shape index (κ2) is 8.96. The van der Waals surface area contributed by atoms with Crippen molar-refractivity contribution in [1.82, 2.24) is 10.2 Å². The number of piperidine rings is 1. The molecule has 0 spiro atoms. The Labute approximate surface area is 143 Å². The van der Waals surface area contributed by atoms with Crippen LogP contribution in [0.15, 0.2) is 30.3 Å². The molecule has 1 N–H and O–H groups in total. The first-order valence-electron chi connectivity index (χ1n) is 8.24. The fourth-order valence-electron chi connectivity index (χ4n) is 2.90. The lowest BCUT2D eigenvalue weighted by Crippen LogP contribution is -2.49. The van der Waals surface area contributed by atoms with Crippen LogP contribution in [0.3, 0.4) is 0 Å². The van der Waals surface area contributed by atoms with Crippen LogP contribution in [0.5, 0.6) is 0 Å². The maximum absolute atomic E-state index is 12.3. The summed E-state index contributed by atoms with van der Waals surface area (Å²) in [6, 6.07) is 10.5. The Kier molecular flexibility index (Phi) is 6.96. The van der Waals surface area contributed by atoms with Crippen molar-refractivity contribution in [2.75, 3.05) is 24.6 Å². The summed E-state index contributed by atoms with van der Waals surface area (Å²) in [5.41, 5.74) is 1.32. The average molecular weight is 334 g/mol. The van der Waals surface area contributed by atoms with E-state index in [9.17, 15) is 9.59 Å². The molecule has 1 saturated heterocycles. The number of rotatable bonds is 6. The van der Waals surface area contributed by atoms with Crippen LogP contribution in [0.25, 0.3) is 0 Å². The zero-order chi connectivity index (χ0) is 16.7. The lowest BCUT2D eigenvalue weighted by molar-refractivity contribution is -0.130. The van der Waals surface area contributed by atoms with Crippen LogP contribution in [0.4, 0.5) is 0 Å². The summed E-state index contributed by atoms with van der Waals surface area (Å²) in [5.74, 6) is 2.08. The van der Waals surface area contributed by atoms with Gasteiger partial charge in [-0.1, -0.05) is 37.3 Å². The largest absolute Gasteiger partial charge is 0.352 e. The van der Waals surface area contributed by atoms with Crippen LogP contribution in [0.1, 0.15) is 38.2 Å². The van der Waals surface area contributed by atoms with E-state index in [-0.39, 0.29) is 17.9 Å². The third-order valence-corrected chi connectivity index (χ3v) is 5.33. The van der Waals surface area contributed by atoms with Gasteiger partial charge in [0.1, 0.15) is 0 Å². The van der Waals surface area contributed by atoms with Crippen molar-refractivity contribution < 1.29 is 9.59 Å². The summed E-state index contributed by atoms with van der Waals surface area (Å²) < 4.78 is 0. The molecule has 1 fully saturated rings. The van der Waals surface area contributed by atoms with E-state index in [2.05, 4.69) is 36.5 Å². The van der Waals surface area contributed by atoms with E-state index in [1.165, 1.54) is 12.5 Å². The van der Waals surface area contributed by atoms with Crippen molar-refractivity contribution in [3.8, 4) is 0 Å². The first-order chi connectivity index (χ1) is 11.1. The number of nitrogens with one attached hydrogen (secondary N) is 1. The number of nitrogens with zero attached hydrogens (tertiary/aromatic N) is 1. The molecule has 1 aromatic rings. The second-order valence-corrected chi connectivity index (χ2v) is 7.24. The average Bonchev–Trinajstić information content (AvgIpc) is 2.55. The van der Waals surface area contributed by atoms with E-state index in [1.54, 1.807) is 11.8 Å². The molecule has 2 rings (SSSR count). The van der Waals surface area contributed by atoms with Crippen LogP contribution in [-0.2, 0) is 9.59 Å². The summed E-state index contributed by atoms with van der Waals surface area (Å²) in [7, 11) is 0. The quantitative estimate of drug-likeness (QED) is 0.870. The molecule has 23 heavy (non-hydrogen) atoms. The highest BCUT2D eigenvalue weighted by Gasteiger charge is 2.23. The zero-order valence-corrected chi connectivity index (χ0v) is 14.8. The summed E-state index contributed by atoms with van der Waals surface area (Å²) in [5, 5.41) is 2.92. The molecule has 0 saturated carbocycles. The molecule has 5 heteroatoms. The van der Waals surface area contributed by atoms with Crippen molar-refractivity contribution in [2.45, 2.75) is 38.6 Å². The van der Waals surface area contributed by atoms with Crippen molar-refractivity contribution in [1.29, 1.82) is 0 Å². The van der Waals surface area contributed by atoms with Gasteiger partial charge in [-0.25, -0.2) is 0 Å². The highest BCUT2D eigenvalue weighted by atomic mass is 32.2. The van der Waals surface area contributed by atoms with Gasteiger partial charge in [0.05, 0.1) is 5.75 Å². The molecule has 0 bridgehead atoms. The number of benzene rings is 1. The van der Waals surface area contributed by atoms with Gasteiger partial charge in [0, 0.05) is 31.8 Å². The Morgan fingerprint density at radius 3 is 2.78 bits per heavy atom. The molecule has 2 amide bonds. The van der Waals surface area contributed by atoms with Gasteiger partial charge in [-0.2, -0.15) is 11.8 Å². The molecular weight excluding hydrogens is 308 g/mol. The lowest BCUT2D eigenvalue weighted by atomic mass is 10.0. The van der Waals surface area contributed by atoms with Gasteiger partial charge in [0.25, 0.3) is 0 Å². The molecule has 0 radical (unpaired) electrons. The zero-order valence-electron chi connectivity index (χ0n) is 14.0. The molecule has 0 aliphatic carbocycles. The molecule has 126 valence electrons. The van der Waals surface area contributed by atoms with E-state index < -0.39 is 0 Å². The predicted molar refractivity (Wildman–Crippen MR) is 95.6 cm³/mol. The van der Waals surface area contributed by atoms with Gasteiger partial charge in [-0.15, -0.1) is 0 Å². The number of hydrogen-bond donors (Lipinski definition) is 1. The first-order valence-corrected chi connectivity index (χ1v) is 9.39. The minimum Gasteiger partial charge on any atom is -0.352 e. The molecule has 1 aromatic carbocycles. The highest BCUT2D eigenvalue weighted by molar-refractivity contribution is 7.99. The molecule has 2 unspecified atom stereocenters. The SMILES string of the molecule is CC(=O)NC1CCCN(C(=O)CSCC(C)c2ccccc2)C1. The van der Waals surface area contributed by atoms with E-state index in [0.717, 1.165) is 25.1 Å². The Morgan fingerprint density at radius 2 is 2.09 bits per heavy atom. The maximum atomic E-state index is 12.3. The van der Waals surface area contributed by atoms with E-state index in [1.807, 2.05) is 11.0 Å². The molecule has 1 aliphatic rings. The van der Waals surface area contributed by atoms with E-state index in [4.69, 9.17) is 0 Å². The van der Waals surface area contributed by atoms with Crippen molar-refractivity contribution in [3.05, 3.63) is 35.9 Å². The first kappa shape index (κ1) is 17.9. The number of hydrogen-bond acceptors (Lipinski definition) is 3. The van der Waals surface area contributed by atoms with Crippen LogP contribution >= 0.6 is 11.8 Å². The number of amides is 2. The van der Waals surface area contributed by atoms with Crippen molar-refractivity contribution in [3.63, 3.8) is 0 Å². The molecule has 2 atom stereocenters. The number of likely N-dealkylation sites (tertiary alicyclic amines) is 1. The monoisotopic (exact) mass is 334 g/mol. The summed E-state index contributed by atoms with van der Waals surface area (Å²) in [4.78, 5) is 25.4. The summed E-state index contributed by atoms with van der Waals surface area (Å²) in [6.45, 7) is 5.18. The number of carbonyl (C=O) groups excluding carboxylic acids is 2. The van der Waals surface area contributed by atoms with Crippen LogP contribution in [0, 0.1) is 0 Å². The smallest absolute Gasteiger partial charge is 0.232 e.